The number of ether oxygens (including phenoxy) is 2. The fraction of sp³-hybridized carbons (Fsp3) is 0.833. The van der Waals surface area contributed by atoms with Crippen molar-refractivity contribution in [3.63, 3.8) is 0 Å². The monoisotopic (exact) mass is 258 g/mol. The molecule has 0 aliphatic carbocycles. The summed E-state index contributed by atoms with van der Waals surface area (Å²) in [7, 11) is 1.56. The molecule has 1 atom stereocenters. The van der Waals surface area contributed by atoms with Gasteiger partial charge in [-0.05, 0) is 26.3 Å². The van der Waals surface area contributed by atoms with E-state index in [4.69, 9.17) is 15.2 Å². The van der Waals surface area contributed by atoms with E-state index in [9.17, 15) is 9.59 Å². The Morgan fingerprint density at radius 1 is 1.44 bits per heavy atom. The molecule has 0 unspecified atom stereocenters. The topological polar surface area (TPSA) is 81.9 Å². The molecule has 6 heteroatoms. The Balaban J connectivity index is 2.76. The first-order chi connectivity index (χ1) is 8.54. The highest BCUT2D eigenvalue weighted by atomic mass is 16.5. The van der Waals surface area contributed by atoms with E-state index in [1.165, 1.54) is 0 Å². The molecule has 0 aromatic heterocycles. The Kier molecular flexibility index (Phi) is 5.55. The van der Waals surface area contributed by atoms with Crippen LogP contribution in [0, 0.1) is 5.41 Å². The number of rotatable bonds is 6. The minimum Gasteiger partial charge on any atom is -0.465 e. The molecule has 0 aromatic rings. The van der Waals surface area contributed by atoms with Gasteiger partial charge in [0, 0.05) is 13.7 Å². The summed E-state index contributed by atoms with van der Waals surface area (Å²) < 4.78 is 10.3. The third-order valence-electron chi connectivity index (χ3n) is 3.16. The van der Waals surface area contributed by atoms with Crippen molar-refractivity contribution >= 4 is 11.9 Å². The molecule has 1 aliphatic rings. The van der Waals surface area contributed by atoms with Crippen LogP contribution in [-0.2, 0) is 19.1 Å². The van der Waals surface area contributed by atoms with Gasteiger partial charge in [0.15, 0.2) is 0 Å². The van der Waals surface area contributed by atoms with Gasteiger partial charge in [-0.1, -0.05) is 0 Å². The zero-order chi connectivity index (χ0) is 13.6. The second-order valence-corrected chi connectivity index (χ2v) is 4.71. The van der Waals surface area contributed by atoms with Gasteiger partial charge in [-0.3, -0.25) is 14.5 Å². The Hall–Kier alpha value is -1.14. The van der Waals surface area contributed by atoms with E-state index in [1.54, 1.807) is 14.0 Å². The minimum atomic E-state index is -0.668. The SMILES string of the molecule is CCOC(=O)[C@]1(COC)CCCN(CC(N)=O)C1. The Labute approximate surface area is 107 Å². The lowest BCUT2D eigenvalue weighted by Crippen LogP contribution is -2.52. The fourth-order valence-electron chi connectivity index (χ4n) is 2.49. The number of amides is 1. The van der Waals surface area contributed by atoms with Crippen LogP contribution in [0.25, 0.3) is 0 Å². The number of esters is 1. The van der Waals surface area contributed by atoms with Crippen LogP contribution in [0.5, 0.6) is 0 Å². The Bertz CT molecular complexity index is 304. The fourth-order valence-corrected chi connectivity index (χ4v) is 2.49. The summed E-state index contributed by atoms with van der Waals surface area (Å²) in [6, 6.07) is 0. The predicted molar refractivity (Wildman–Crippen MR) is 65.8 cm³/mol. The van der Waals surface area contributed by atoms with E-state index in [0.717, 1.165) is 19.4 Å². The summed E-state index contributed by atoms with van der Waals surface area (Å²) in [6.07, 6.45) is 1.55. The summed E-state index contributed by atoms with van der Waals surface area (Å²) in [5.41, 5.74) is 4.52. The molecule has 1 aliphatic heterocycles. The summed E-state index contributed by atoms with van der Waals surface area (Å²) >= 11 is 0. The quantitative estimate of drug-likeness (QED) is 0.665. The van der Waals surface area contributed by atoms with Crippen molar-refractivity contribution < 1.29 is 19.1 Å². The van der Waals surface area contributed by atoms with Gasteiger partial charge in [0.2, 0.25) is 5.91 Å². The maximum absolute atomic E-state index is 12.1. The molecule has 0 spiro atoms. The van der Waals surface area contributed by atoms with Crippen LogP contribution in [0.15, 0.2) is 0 Å². The number of hydrogen-bond donors (Lipinski definition) is 1. The first kappa shape index (κ1) is 14.9. The average Bonchev–Trinajstić information content (AvgIpc) is 2.29. The molecule has 0 saturated carbocycles. The van der Waals surface area contributed by atoms with Crippen LogP contribution in [0.4, 0.5) is 0 Å². The summed E-state index contributed by atoms with van der Waals surface area (Å²) in [6.45, 7) is 3.84. The van der Waals surface area contributed by atoms with E-state index in [1.807, 2.05) is 4.90 Å². The largest absolute Gasteiger partial charge is 0.465 e. The van der Waals surface area contributed by atoms with Crippen LogP contribution in [0.2, 0.25) is 0 Å². The van der Waals surface area contributed by atoms with E-state index in [-0.39, 0.29) is 18.4 Å². The van der Waals surface area contributed by atoms with Gasteiger partial charge in [0.1, 0.15) is 5.41 Å². The molecule has 2 N–H and O–H groups in total. The third kappa shape index (κ3) is 3.68. The van der Waals surface area contributed by atoms with Crippen molar-refractivity contribution in [1.29, 1.82) is 0 Å². The first-order valence-electron chi connectivity index (χ1n) is 6.21. The van der Waals surface area contributed by atoms with Crippen LogP contribution in [-0.4, -0.2) is 56.7 Å². The van der Waals surface area contributed by atoms with Crippen LogP contribution >= 0.6 is 0 Å². The second kappa shape index (κ2) is 6.70. The van der Waals surface area contributed by atoms with Gasteiger partial charge in [0.05, 0.1) is 19.8 Å². The van der Waals surface area contributed by atoms with Crippen molar-refractivity contribution in [1.82, 2.24) is 4.90 Å². The molecule has 1 fully saturated rings. The predicted octanol–water partition coefficient (Wildman–Crippen LogP) is -0.237. The number of piperidine rings is 1. The lowest BCUT2D eigenvalue weighted by molar-refractivity contribution is -0.163. The van der Waals surface area contributed by atoms with Crippen molar-refractivity contribution in [3.05, 3.63) is 0 Å². The Morgan fingerprint density at radius 2 is 2.17 bits per heavy atom. The molecule has 1 heterocycles. The van der Waals surface area contributed by atoms with Gasteiger partial charge >= 0.3 is 5.97 Å². The second-order valence-electron chi connectivity index (χ2n) is 4.71. The minimum absolute atomic E-state index is 0.171. The summed E-state index contributed by atoms with van der Waals surface area (Å²) in [5, 5.41) is 0. The van der Waals surface area contributed by atoms with Gasteiger partial charge in [-0.2, -0.15) is 0 Å². The Morgan fingerprint density at radius 3 is 2.72 bits per heavy atom. The summed E-state index contributed by atoms with van der Waals surface area (Å²) in [4.78, 5) is 25.0. The highest BCUT2D eigenvalue weighted by Gasteiger charge is 2.43. The van der Waals surface area contributed by atoms with E-state index in [0.29, 0.717) is 19.8 Å². The lowest BCUT2D eigenvalue weighted by atomic mass is 9.80. The zero-order valence-electron chi connectivity index (χ0n) is 11.1. The molecular formula is C12H22N2O4. The van der Waals surface area contributed by atoms with E-state index < -0.39 is 5.41 Å². The number of methoxy groups -OCH3 is 1. The molecular weight excluding hydrogens is 236 g/mol. The van der Waals surface area contributed by atoms with Crippen LogP contribution in [0.3, 0.4) is 0 Å². The first-order valence-corrected chi connectivity index (χ1v) is 6.21. The molecule has 6 nitrogen and oxygen atoms in total. The molecule has 18 heavy (non-hydrogen) atoms. The molecule has 0 radical (unpaired) electrons. The van der Waals surface area contributed by atoms with Gasteiger partial charge in [0.25, 0.3) is 0 Å². The molecule has 0 aromatic carbocycles. The van der Waals surface area contributed by atoms with Crippen molar-refractivity contribution in [2.24, 2.45) is 11.1 Å². The van der Waals surface area contributed by atoms with Crippen molar-refractivity contribution in [2.45, 2.75) is 19.8 Å². The van der Waals surface area contributed by atoms with E-state index in [2.05, 4.69) is 0 Å². The number of nitrogens with zero attached hydrogens (tertiary/aromatic N) is 1. The van der Waals surface area contributed by atoms with E-state index >= 15 is 0 Å². The third-order valence-corrected chi connectivity index (χ3v) is 3.16. The van der Waals surface area contributed by atoms with Crippen LogP contribution in [0.1, 0.15) is 19.8 Å². The number of likely N-dealkylation sites (tertiary alicyclic amines) is 1. The maximum atomic E-state index is 12.1. The number of carbonyl (C=O) groups excluding carboxylic acids is 2. The van der Waals surface area contributed by atoms with Gasteiger partial charge in [-0.15, -0.1) is 0 Å². The molecule has 1 rings (SSSR count). The highest BCUT2D eigenvalue weighted by molar-refractivity contribution is 5.78. The van der Waals surface area contributed by atoms with Gasteiger partial charge < -0.3 is 15.2 Å². The lowest BCUT2D eigenvalue weighted by Gasteiger charge is -2.39. The number of carbonyl (C=O) groups is 2. The molecule has 104 valence electrons. The van der Waals surface area contributed by atoms with Crippen molar-refractivity contribution in [2.75, 3.05) is 40.0 Å². The zero-order valence-corrected chi connectivity index (χ0v) is 11.1. The van der Waals surface area contributed by atoms with Crippen molar-refractivity contribution in [3.8, 4) is 0 Å². The van der Waals surface area contributed by atoms with Crippen LogP contribution < -0.4 is 5.73 Å². The normalized spacial score (nSPS) is 24.8. The molecule has 0 bridgehead atoms. The number of nitrogens with two attached hydrogens (primary N) is 1. The average molecular weight is 258 g/mol. The standard InChI is InChI=1S/C12H22N2O4/c1-3-18-11(16)12(9-17-2)5-4-6-14(8-12)7-10(13)15/h3-9H2,1-2H3,(H2,13,15)/t12-/m1/s1. The maximum Gasteiger partial charge on any atom is 0.315 e. The molecule has 1 amide bonds. The molecule has 1 saturated heterocycles. The summed E-state index contributed by atoms with van der Waals surface area (Å²) in [5.74, 6) is -0.631. The smallest absolute Gasteiger partial charge is 0.315 e. The number of hydrogen-bond acceptors (Lipinski definition) is 5. The highest BCUT2D eigenvalue weighted by Crippen LogP contribution is 2.31. The number of primary amides is 1. The van der Waals surface area contributed by atoms with Gasteiger partial charge in [-0.25, -0.2) is 0 Å².